The molecule has 3 heterocycles. The van der Waals surface area contributed by atoms with Crippen molar-refractivity contribution in [2.45, 2.75) is 13.3 Å². The first kappa shape index (κ1) is 10.9. The van der Waals surface area contributed by atoms with Crippen LogP contribution in [0.2, 0.25) is 0 Å². The zero-order valence-electron chi connectivity index (χ0n) is 10.5. The molecular formula is C14H12N4S. The molecular weight excluding hydrogens is 256 g/mol. The Kier molecular flexibility index (Phi) is 2.29. The Morgan fingerprint density at radius 2 is 2.26 bits per heavy atom. The highest BCUT2D eigenvalue weighted by atomic mass is 32.1. The highest BCUT2D eigenvalue weighted by Crippen LogP contribution is 2.26. The number of aromatic amines is 1. The van der Waals surface area contributed by atoms with Gasteiger partial charge in [-0.1, -0.05) is 6.07 Å². The lowest BCUT2D eigenvalue weighted by molar-refractivity contribution is 0.911. The molecule has 0 saturated heterocycles. The van der Waals surface area contributed by atoms with Crippen LogP contribution in [0.25, 0.3) is 10.2 Å². The van der Waals surface area contributed by atoms with Gasteiger partial charge in [0, 0.05) is 18.7 Å². The van der Waals surface area contributed by atoms with E-state index in [-0.39, 0.29) is 0 Å². The van der Waals surface area contributed by atoms with E-state index in [0.717, 1.165) is 34.9 Å². The molecule has 3 aromatic rings. The van der Waals surface area contributed by atoms with Crippen molar-refractivity contribution in [2.75, 3.05) is 6.54 Å². The fourth-order valence-electron chi connectivity index (χ4n) is 2.38. The number of nitrogens with zero attached hydrogens (tertiary/aromatic N) is 3. The Morgan fingerprint density at radius 1 is 1.32 bits per heavy atom. The van der Waals surface area contributed by atoms with Gasteiger partial charge in [0.1, 0.15) is 16.4 Å². The monoisotopic (exact) mass is 268 g/mol. The van der Waals surface area contributed by atoms with Gasteiger partial charge in [0.05, 0.1) is 16.5 Å². The number of aryl methyl sites for hydroxylation is 1. The number of rotatable bonds is 1. The molecule has 94 valence electrons. The summed E-state index contributed by atoms with van der Waals surface area (Å²) in [5.41, 5.74) is 5.34. The number of benzene rings is 1. The minimum atomic E-state index is 0.805. The Labute approximate surface area is 114 Å². The summed E-state index contributed by atoms with van der Waals surface area (Å²) in [6.45, 7) is 2.89. The van der Waals surface area contributed by atoms with Crippen LogP contribution in [0.4, 0.5) is 0 Å². The fraction of sp³-hybridized carbons (Fsp3) is 0.214. The van der Waals surface area contributed by atoms with Crippen LogP contribution < -0.4 is 0 Å². The van der Waals surface area contributed by atoms with E-state index in [1.807, 2.05) is 0 Å². The highest BCUT2D eigenvalue weighted by Gasteiger charge is 2.21. The molecule has 0 atom stereocenters. The predicted molar refractivity (Wildman–Crippen MR) is 77.2 cm³/mol. The van der Waals surface area contributed by atoms with Crippen LogP contribution in [-0.2, 0) is 6.42 Å². The molecule has 5 heteroatoms. The van der Waals surface area contributed by atoms with Crippen molar-refractivity contribution in [1.29, 1.82) is 0 Å². The van der Waals surface area contributed by atoms with Crippen molar-refractivity contribution in [3.8, 4) is 0 Å². The largest absolute Gasteiger partial charge is 0.348 e. The molecule has 0 bridgehead atoms. The second-order valence-electron chi connectivity index (χ2n) is 4.70. The van der Waals surface area contributed by atoms with Crippen LogP contribution in [0.3, 0.4) is 0 Å². The van der Waals surface area contributed by atoms with Gasteiger partial charge in [-0.3, -0.25) is 4.99 Å². The predicted octanol–water partition coefficient (Wildman–Crippen LogP) is 2.72. The van der Waals surface area contributed by atoms with Gasteiger partial charge in [-0.2, -0.15) is 0 Å². The number of fused-ring (bicyclic) bond motifs is 2. The van der Waals surface area contributed by atoms with Crippen LogP contribution in [0.1, 0.15) is 22.0 Å². The third kappa shape index (κ3) is 1.69. The summed E-state index contributed by atoms with van der Waals surface area (Å²) in [5.74, 6) is 0. The van der Waals surface area contributed by atoms with E-state index in [4.69, 9.17) is 4.98 Å². The van der Waals surface area contributed by atoms with Crippen molar-refractivity contribution in [2.24, 2.45) is 4.99 Å². The maximum Gasteiger partial charge on any atom is 0.144 e. The second kappa shape index (κ2) is 3.99. The van der Waals surface area contributed by atoms with Gasteiger partial charge in [-0.05, 0) is 24.6 Å². The number of hydrogen-bond donors (Lipinski definition) is 1. The Hall–Kier alpha value is -2.01. The van der Waals surface area contributed by atoms with Crippen LogP contribution in [0, 0.1) is 6.92 Å². The molecule has 4 rings (SSSR count). The first-order chi connectivity index (χ1) is 9.31. The van der Waals surface area contributed by atoms with Gasteiger partial charge in [0.2, 0.25) is 0 Å². The molecule has 1 N–H and O–H groups in total. The lowest BCUT2D eigenvalue weighted by Gasteiger charge is -2.08. The van der Waals surface area contributed by atoms with Gasteiger partial charge in [-0.15, -0.1) is 11.3 Å². The van der Waals surface area contributed by atoms with E-state index in [0.29, 0.717) is 0 Å². The first-order valence-corrected chi connectivity index (χ1v) is 7.07. The molecule has 0 saturated carbocycles. The molecule has 19 heavy (non-hydrogen) atoms. The number of imidazole rings is 1. The lowest BCUT2D eigenvalue weighted by Crippen LogP contribution is -2.13. The zero-order chi connectivity index (χ0) is 12.8. The van der Waals surface area contributed by atoms with E-state index in [1.165, 1.54) is 16.0 Å². The molecule has 0 unspecified atom stereocenters. The third-order valence-corrected chi connectivity index (χ3v) is 4.36. The van der Waals surface area contributed by atoms with Gasteiger partial charge < -0.3 is 4.98 Å². The number of aromatic nitrogens is 3. The smallest absolute Gasteiger partial charge is 0.144 e. The topological polar surface area (TPSA) is 53.9 Å². The van der Waals surface area contributed by atoms with Crippen LogP contribution in [-0.4, -0.2) is 27.2 Å². The van der Waals surface area contributed by atoms with E-state index >= 15 is 0 Å². The van der Waals surface area contributed by atoms with Gasteiger partial charge >= 0.3 is 0 Å². The zero-order valence-corrected chi connectivity index (χ0v) is 11.3. The number of nitrogens with one attached hydrogen (secondary N) is 1. The Bertz CT molecular complexity index is 797. The van der Waals surface area contributed by atoms with Gasteiger partial charge in [-0.25, -0.2) is 9.97 Å². The standard InChI is InChI=1S/C14H12N4S/c1-8-2-3-11-10(6-8)18-14(19-11)13-12-9(4-5-15-13)16-7-17-12/h2-3,6-7H,4-5H2,1H3,(H,16,17). The van der Waals surface area contributed by atoms with E-state index in [1.54, 1.807) is 17.7 Å². The molecule has 0 amide bonds. The quantitative estimate of drug-likeness (QED) is 0.737. The first-order valence-electron chi connectivity index (χ1n) is 6.26. The molecule has 0 aliphatic carbocycles. The van der Waals surface area contributed by atoms with Crippen molar-refractivity contribution in [3.05, 3.63) is 46.5 Å². The fourth-order valence-corrected chi connectivity index (χ4v) is 3.33. The molecule has 0 fully saturated rings. The van der Waals surface area contributed by atoms with Crippen molar-refractivity contribution >= 4 is 27.3 Å². The molecule has 1 aromatic carbocycles. The van der Waals surface area contributed by atoms with E-state index in [9.17, 15) is 0 Å². The molecule has 4 nitrogen and oxygen atoms in total. The van der Waals surface area contributed by atoms with Crippen LogP contribution in [0.5, 0.6) is 0 Å². The average Bonchev–Trinajstić information content (AvgIpc) is 3.03. The summed E-state index contributed by atoms with van der Waals surface area (Å²) >= 11 is 1.68. The lowest BCUT2D eigenvalue weighted by atomic mass is 10.1. The van der Waals surface area contributed by atoms with Gasteiger partial charge in [0.25, 0.3) is 0 Å². The van der Waals surface area contributed by atoms with E-state index in [2.05, 4.69) is 40.1 Å². The maximum atomic E-state index is 4.71. The minimum absolute atomic E-state index is 0.805. The molecule has 0 radical (unpaired) electrons. The van der Waals surface area contributed by atoms with Crippen LogP contribution >= 0.6 is 11.3 Å². The Morgan fingerprint density at radius 3 is 3.21 bits per heavy atom. The summed E-state index contributed by atoms with van der Waals surface area (Å²) in [7, 11) is 0. The summed E-state index contributed by atoms with van der Waals surface area (Å²) in [6, 6.07) is 6.36. The number of H-pyrrole nitrogens is 1. The SMILES string of the molecule is Cc1ccc2sc(C3=NCCc4[nH]cnc43)nc2c1. The molecule has 1 aliphatic rings. The minimum Gasteiger partial charge on any atom is -0.348 e. The van der Waals surface area contributed by atoms with Gasteiger partial charge in [0.15, 0.2) is 0 Å². The summed E-state index contributed by atoms with van der Waals surface area (Å²) < 4.78 is 1.20. The van der Waals surface area contributed by atoms with Crippen molar-refractivity contribution < 1.29 is 0 Å². The number of thiazole rings is 1. The Balaban J connectivity index is 1.89. The summed E-state index contributed by atoms with van der Waals surface area (Å²) in [4.78, 5) is 16.9. The average molecular weight is 268 g/mol. The maximum absolute atomic E-state index is 4.71. The van der Waals surface area contributed by atoms with E-state index < -0.39 is 0 Å². The second-order valence-corrected chi connectivity index (χ2v) is 5.73. The molecule has 1 aliphatic heterocycles. The summed E-state index contributed by atoms with van der Waals surface area (Å²) in [6.07, 6.45) is 2.67. The van der Waals surface area contributed by atoms with Crippen molar-refractivity contribution in [1.82, 2.24) is 15.0 Å². The number of hydrogen-bond acceptors (Lipinski definition) is 4. The molecule has 0 spiro atoms. The number of aliphatic imine (C=N–C) groups is 1. The van der Waals surface area contributed by atoms with Crippen LogP contribution in [0.15, 0.2) is 29.5 Å². The van der Waals surface area contributed by atoms with Crippen molar-refractivity contribution in [3.63, 3.8) is 0 Å². The summed E-state index contributed by atoms with van der Waals surface area (Å²) in [5, 5.41) is 0.966. The normalized spacial score (nSPS) is 14.5. The third-order valence-electron chi connectivity index (χ3n) is 3.32. The highest BCUT2D eigenvalue weighted by molar-refractivity contribution is 7.20. The molecule has 2 aromatic heterocycles.